The Morgan fingerprint density at radius 2 is 2.07 bits per heavy atom. The summed E-state index contributed by atoms with van der Waals surface area (Å²) in [6.07, 6.45) is -3.79. The highest BCUT2D eigenvalue weighted by Gasteiger charge is 2.56. The Balaban J connectivity index is 1.80. The molecule has 0 radical (unpaired) electrons. The molecule has 3 rings (SSSR count). The molecule has 1 fully saturated rings. The third-order valence-electron chi connectivity index (χ3n) is 4.04. The van der Waals surface area contributed by atoms with E-state index >= 15 is 0 Å². The number of nitrogens with one attached hydrogen (secondary N) is 1. The van der Waals surface area contributed by atoms with Crippen LogP contribution in [0, 0.1) is 0 Å². The van der Waals surface area contributed by atoms with Crippen LogP contribution >= 0.6 is 7.15 Å². The van der Waals surface area contributed by atoms with Crippen LogP contribution in [-0.4, -0.2) is 44.3 Å². The number of aromatic amines is 1. The van der Waals surface area contributed by atoms with Crippen LogP contribution in [0.3, 0.4) is 0 Å². The Morgan fingerprint density at radius 1 is 1.34 bits per heavy atom. The monoisotopic (exact) mass is 440 g/mol. The lowest BCUT2D eigenvalue weighted by molar-refractivity contribution is -0.119. The molecule has 0 amide bonds. The number of aliphatic hydroxyl groups excluding tert-OH is 2. The van der Waals surface area contributed by atoms with E-state index in [0.717, 1.165) is 16.8 Å². The molecule has 1 aromatic heterocycles. The van der Waals surface area contributed by atoms with E-state index in [9.17, 15) is 19.8 Å². The van der Waals surface area contributed by atoms with Gasteiger partial charge in [0.1, 0.15) is 18.8 Å². The van der Waals surface area contributed by atoms with E-state index < -0.39 is 49.2 Å². The number of rotatable bonds is 7. The molecular formula is C15H15N5O7PS+. The normalized spacial score (nSPS) is 26.6. The van der Waals surface area contributed by atoms with Crippen molar-refractivity contribution in [1.29, 1.82) is 0 Å². The maximum atomic E-state index is 12.0. The fourth-order valence-corrected chi connectivity index (χ4v) is 3.72. The predicted octanol–water partition coefficient (Wildman–Crippen LogP) is 0.663. The standard InChI is InChI=1S/C15H14N5O7PS/c16-19-18-15(8-25-28(29)27-9-4-2-1-3-5-9)12(23)11(22)13(26-15)20-7-6-10(21)17-14(20)24/h1-7,11-13,22-23H,8H2/p+1/t11-,12+,13-,15-/m1/s1. The lowest BCUT2D eigenvalue weighted by Crippen LogP contribution is -2.44. The van der Waals surface area contributed by atoms with Gasteiger partial charge in [-0.2, -0.15) is 0 Å². The van der Waals surface area contributed by atoms with Gasteiger partial charge in [-0.25, -0.2) is 4.79 Å². The fourth-order valence-electron chi connectivity index (χ4n) is 2.67. The molecule has 1 aromatic carbocycles. The SMILES string of the molecule is [N-]=[N+]=N[C@]1(CO[P+](=S)Oc2ccccc2)O[C@@H](n2ccc(=O)[nH]c2=O)[C@H](O)[C@@H]1O. The third-order valence-corrected chi connectivity index (χ3v) is 5.28. The molecular weight excluding hydrogens is 425 g/mol. The van der Waals surface area contributed by atoms with E-state index in [0.29, 0.717) is 5.75 Å². The molecule has 12 nitrogen and oxygen atoms in total. The van der Waals surface area contributed by atoms with Gasteiger partial charge in [0.15, 0.2) is 12.0 Å². The van der Waals surface area contributed by atoms with Crippen molar-refractivity contribution in [2.45, 2.75) is 24.2 Å². The Labute approximate surface area is 168 Å². The van der Waals surface area contributed by atoms with E-state index in [1.807, 2.05) is 4.98 Å². The molecule has 1 aliphatic heterocycles. The summed E-state index contributed by atoms with van der Waals surface area (Å²) in [5.41, 5.74) is 5.29. The molecule has 152 valence electrons. The van der Waals surface area contributed by atoms with Crippen molar-refractivity contribution in [3.63, 3.8) is 0 Å². The van der Waals surface area contributed by atoms with Crippen LogP contribution < -0.4 is 15.8 Å². The minimum absolute atomic E-state index is 0.456. The summed E-state index contributed by atoms with van der Waals surface area (Å²) < 4.78 is 17.2. The Hall–Kier alpha value is -2.63. The molecule has 1 aliphatic rings. The van der Waals surface area contributed by atoms with Crippen LogP contribution in [0.1, 0.15) is 6.23 Å². The smallest absolute Gasteiger partial charge is 0.387 e. The number of hydrogen-bond donors (Lipinski definition) is 3. The average molecular weight is 440 g/mol. The Kier molecular flexibility index (Phi) is 6.40. The molecule has 0 bridgehead atoms. The molecule has 29 heavy (non-hydrogen) atoms. The number of benzene rings is 1. The van der Waals surface area contributed by atoms with Gasteiger partial charge in [-0.05, 0) is 17.7 Å². The summed E-state index contributed by atoms with van der Waals surface area (Å²) in [5, 5.41) is 24.2. The minimum atomic E-state index is -2.08. The second kappa shape index (κ2) is 8.80. The van der Waals surface area contributed by atoms with Crippen LogP contribution in [-0.2, 0) is 21.1 Å². The van der Waals surface area contributed by atoms with Gasteiger partial charge in [0.25, 0.3) is 5.56 Å². The highest BCUT2D eigenvalue weighted by Crippen LogP contribution is 2.40. The molecule has 2 heterocycles. The molecule has 1 unspecified atom stereocenters. The topological polar surface area (TPSA) is 172 Å². The van der Waals surface area contributed by atoms with E-state index in [2.05, 4.69) is 10.0 Å². The zero-order valence-electron chi connectivity index (χ0n) is 14.6. The first-order valence-electron chi connectivity index (χ1n) is 8.11. The van der Waals surface area contributed by atoms with Crippen molar-refractivity contribution in [1.82, 2.24) is 9.55 Å². The molecule has 1 saturated heterocycles. The van der Waals surface area contributed by atoms with Crippen molar-refractivity contribution < 1.29 is 24.0 Å². The molecule has 2 aromatic rings. The predicted molar refractivity (Wildman–Crippen MR) is 103 cm³/mol. The van der Waals surface area contributed by atoms with E-state index in [1.54, 1.807) is 30.3 Å². The molecule has 5 atom stereocenters. The zero-order chi connectivity index (χ0) is 21.0. The van der Waals surface area contributed by atoms with E-state index in [4.69, 9.17) is 31.1 Å². The lowest BCUT2D eigenvalue weighted by atomic mass is 10.1. The number of para-hydroxylation sites is 1. The first-order valence-corrected chi connectivity index (χ1v) is 10.3. The van der Waals surface area contributed by atoms with Crippen molar-refractivity contribution in [3.05, 3.63) is 73.9 Å². The maximum Gasteiger partial charge on any atom is 0.573 e. The van der Waals surface area contributed by atoms with Crippen LogP contribution in [0.2, 0.25) is 0 Å². The summed E-state index contributed by atoms with van der Waals surface area (Å²) in [4.78, 5) is 27.8. The first kappa shape index (κ1) is 21.1. The van der Waals surface area contributed by atoms with Gasteiger partial charge in [0.05, 0.1) is 0 Å². The fraction of sp³-hybridized carbons (Fsp3) is 0.333. The highest BCUT2D eigenvalue weighted by molar-refractivity contribution is 8.00. The summed E-state index contributed by atoms with van der Waals surface area (Å²) in [5.74, 6) is 0.456. The number of H-pyrrole nitrogens is 1. The van der Waals surface area contributed by atoms with Gasteiger partial charge in [-0.3, -0.25) is 18.9 Å². The van der Waals surface area contributed by atoms with Gasteiger partial charge in [0.2, 0.25) is 17.5 Å². The second-order valence-corrected chi connectivity index (χ2v) is 7.68. The molecule has 3 N–H and O–H groups in total. The summed E-state index contributed by atoms with van der Waals surface area (Å²) in [6, 6.07) is 9.63. The molecule has 0 spiro atoms. The lowest BCUT2D eigenvalue weighted by Gasteiger charge is -2.23. The van der Waals surface area contributed by atoms with Crippen molar-refractivity contribution in [2.75, 3.05) is 6.61 Å². The molecule has 14 heteroatoms. The molecule has 0 saturated carbocycles. The van der Waals surface area contributed by atoms with E-state index in [1.165, 1.54) is 0 Å². The van der Waals surface area contributed by atoms with E-state index in [-0.39, 0.29) is 0 Å². The van der Waals surface area contributed by atoms with Gasteiger partial charge in [0, 0.05) is 17.2 Å². The maximum absolute atomic E-state index is 12.0. The number of ether oxygens (including phenoxy) is 1. The van der Waals surface area contributed by atoms with Crippen LogP contribution in [0.15, 0.2) is 57.3 Å². The summed E-state index contributed by atoms with van der Waals surface area (Å²) >= 11 is 5.10. The largest absolute Gasteiger partial charge is 0.573 e. The van der Waals surface area contributed by atoms with Crippen LogP contribution in [0.25, 0.3) is 10.4 Å². The Bertz CT molecular complexity index is 1060. The number of nitrogens with zero attached hydrogens (tertiary/aromatic N) is 4. The second-order valence-electron chi connectivity index (χ2n) is 5.90. The van der Waals surface area contributed by atoms with Crippen molar-refractivity contribution >= 4 is 19.0 Å². The first-order chi connectivity index (χ1) is 13.9. The van der Waals surface area contributed by atoms with Crippen molar-refractivity contribution in [3.8, 4) is 5.75 Å². The number of aliphatic hydroxyl groups is 2. The van der Waals surface area contributed by atoms with Gasteiger partial charge >= 0.3 is 12.8 Å². The van der Waals surface area contributed by atoms with Gasteiger partial charge in [-0.15, -0.1) is 4.52 Å². The summed E-state index contributed by atoms with van der Waals surface area (Å²) in [6.45, 7) is -0.550. The average Bonchev–Trinajstić information content (AvgIpc) is 2.93. The zero-order valence-corrected chi connectivity index (χ0v) is 16.3. The van der Waals surface area contributed by atoms with Crippen molar-refractivity contribution in [2.24, 2.45) is 5.11 Å². The Morgan fingerprint density at radius 3 is 2.72 bits per heavy atom. The number of aromatic nitrogens is 2. The number of hydrogen-bond acceptors (Lipinski definition) is 9. The minimum Gasteiger partial charge on any atom is -0.387 e. The quantitative estimate of drug-likeness (QED) is 0.244. The summed E-state index contributed by atoms with van der Waals surface area (Å²) in [7, 11) is -1.92. The number of azide groups is 1. The van der Waals surface area contributed by atoms with Crippen LogP contribution in [0.4, 0.5) is 0 Å². The van der Waals surface area contributed by atoms with Gasteiger partial charge < -0.3 is 14.9 Å². The third kappa shape index (κ3) is 4.52. The highest BCUT2D eigenvalue weighted by atomic mass is 32.4. The van der Waals surface area contributed by atoms with Crippen LogP contribution in [0.5, 0.6) is 5.75 Å². The molecule has 0 aliphatic carbocycles. The van der Waals surface area contributed by atoms with Gasteiger partial charge in [-0.1, -0.05) is 23.3 Å².